The number of carbonyl (C=O) groups is 1. The minimum atomic E-state index is -2.19. The SMILES string of the molecule is CC(C)(C)OC(=O)N1[C@@H](c2c3ncnc(N)c3nn2C2CCCCO2)C2OC(C)(C)O[C@H]2[C@@H]1CO[Si](C)(C)C(C)(C)C. The molecule has 3 aliphatic heterocycles. The molecule has 0 saturated carbocycles. The zero-order valence-corrected chi connectivity index (χ0v) is 27.8. The topological polar surface area (TPSA) is 136 Å². The molecule has 5 rings (SSSR count). The summed E-state index contributed by atoms with van der Waals surface area (Å²) in [5.41, 5.74) is 7.26. The van der Waals surface area contributed by atoms with Crippen LogP contribution in [0.3, 0.4) is 0 Å². The van der Waals surface area contributed by atoms with Crippen molar-refractivity contribution in [3.8, 4) is 0 Å². The Hall–Kier alpha value is -2.32. The molecule has 5 atom stereocenters. The van der Waals surface area contributed by atoms with Crippen LogP contribution in [0.1, 0.15) is 92.6 Å². The lowest BCUT2D eigenvalue weighted by molar-refractivity contribution is -0.169. The first-order valence-corrected chi connectivity index (χ1v) is 17.9. The molecule has 13 heteroatoms. The van der Waals surface area contributed by atoms with Crippen LogP contribution in [0.15, 0.2) is 6.33 Å². The van der Waals surface area contributed by atoms with E-state index in [1.165, 1.54) is 6.33 Å². The number of rotatable bonds is 5. The number of aromatic nitrogens is 4. The molecule has 5 heterocycles. The standard InChI is InChI=1S/C29H48N6O6Si/c1-27(2,3)41-26(36)34-17(15-38-42(9,10)28(4,5)6)23-24(40-29(7,8)39-23)22(34)21-19-20(25(30)32-16-31-19)33-35(21)18-13-11-12-14-37-18/h16-18,22-24H,11-15H2,1-10H3,(H2,30,31,32)/t17-,18?,22-,23-,24?/m0/s1. The van der Waals surface area contributed by atoms with Crippen molar-refractivity contribution in [3.63, 3.8) is 0 Å². The summed E-state index contributed by atoms with van der Waals surface area (Å²) in [4.78, 5) is 24.8. The summed E-state index contributed by atoms with van der Waals surface area (Å²) in [6, 6.07) is -1.15. The third kappa shape index (κ3) is 5.78. The van der Waals surface area contributed by atoms with Gasteiger partial charge in [0.2, 0.25) is 0 Å². The van der Waals surface area contributed by atoms with Gasteiger partial charge in [0.15, 0.2) is 31.7 Å². The minimum absolute atomic E-state index is 0.0188. The van der Waals surface area contributed by atoms with Gasteiger partial charge in [-0.25, -0.2) is 19.4 Å². The molecule has 0 spiro atoms. The van der Waals surface area contributed by atoms with E-state index < -0.39 is 50.1 Å². The second kappa shape index (κ2) is 10.7. The van der Waals surface area contributed by atoms with Gasteiger partial charge in [-0.2, -0.15) is 5.10 Å². The van der Waals surface area contributed by atoms with E-state index in [4.69, 9.17) is 34.2 Å². The normalized spacial score (nSPS) is 28.3. The highest BCUT2D eigenvalue weighted by Crippen LogP contribution is 2.50. The number of fused-ring (bicyclic) bond motifs is 2. The van der Waals surface area contributed by atoms with Gasteiger partial charge in [-0.1, -0.05) is 20.8 Å². The van der Waals surface area contributed by atoms with E-state index in [2.05, 4.69) is 43.8 Å². The molecule has 2 aromatic heterocycles. The number of hydrogen-bond donors (Lipinski definition) is 1. The zero-order valence-electron chi connectivity index (χ0n) is 26.8. The maximum atomic E-state index is 14.2. The second-order valence-corrected chi connectivity index (χ2v) is 19.5. The Bertz CT molecular complexity index is 1310. The maximum Gasteiger partial charge on any atom is 0.411 e. The van der Waals surface area contributed by atoms with Crippen molar-refractivity contribution in [1.82, 2.24) is 24.6 Å². The van der Waals surface area contributed by atoms with Gasteiger partial charge < -0.3 is 29.1 Å². The number of likely N-dealkylation sites (tertiary alicyclic amines) is 1. The van der Waals surface area contributed by atoms with Crippen LogP contribution in [0, 0.1) is 0 Å². The van der Waals surface area contributed by atoms with Crippen molar-refractivity contribution in [2.75, 3.05) is 18.9 Å². The van der Waals surface area contributed by atoms with Crippen LogP contribution >= 0.6 is 0 Å². The van der Waals surface area contributed by atoms with Crippen LogP contribution in [-0.2, 0) is 23.4 Å². The smallest absolute Gasteiger partial charge is 0.411 e. The van der Waals surface area contributed by atoms with E-state index >= 15 is 0 Å². The van der Waals surface area contributed by atoms with Gasteiger partial charge in [-0.3, -0.25) is 4.90 Å². The van der Waals surface area contributed by atoms with Crippen molar-refractivity contribution in [3.05, 3.63) is 12.0 Å². The van der Waals surface area contributed by atoms with Crippen LogP contribution < -0.4 is 5.73 Å². The lowest BCUT2D eigenvalue weighted by Crippen LogP contribution is -2.51. The number of anilines is 1. The van der Waals surface area contributed by atoms with Crippen LogP contribution in [0.2, 0.25) is 18.1 Å². The van der Waals surface area contributed by atoms with Crippen LogP contribution in [0.4, 0.5) is 10.6 Å². The van der Waals surface area contributed by atoms with E-state index in [0.717, 1.165) is 19.3 Å². The molecule has 1 amide bonds. The summed E-state index contributed by atoms with van der Waals surface area (Å²) in [6.07, 6.45) is 2.30. The van der Waals surface area contributed by atoms with Crippen molar-refractivity contribution in [2.45, 2.75) is 135 Å². The Morgan fingerprint density at radius 2 is 1.79 bits per heavy atom. The Morgan fingerprint density at radius 3 is 2.40 bits per heavy atom. The van der Waals surface area contributed by atoms with Crippen LogP contribution in [0.5, 0.6) is 0 Å². The first kappa shape index (κ1) is 31.1. The number of amides is 1. The summed E-state index contributed by atoms with van der Waals surface area (Å²) >= 11 is 0. The van der Waals surface area contributed by atoms with E-state index in [0.29, 0.717) is 23.3 Å². The average Bonchev–Trinajstić information content (AvgIpc) is 3.48. The molecule has 3 fully saturated rings. The number of ether oxygens (including phenoxy) is 4. The lowest BCUT2D eigenvalue weighted by Gasteiger charge is -2.40. The molecular formula is C29H48N6O6Si. The molecule has 42 heavy (non-hydrogen) atoms. The van der Waals surface area contributed by atoms with Crippen molar-refractivity contribution in [1.29, 1.82) is 0 Å². The molecule has 0 aliphatic carbocycles. The second-order valence-electron chi connectivity index (χ2n) is 14.6. The molecule has 0 aromatic carbocycles. The van der Waals surface area contributed by atoms with Crippen molar-refractivity contribution in [2.24, 2.45) is 0 Å². The van der Waals surface area contributed by atoms with Crippen molar-refractivity contribution < 1.29 is 28.2 Å². The lowest BCUT2D eigenvalue weighted by atomic mass is 10.0. The largest absolute Gasteiger partial charge is 0.444 e. The van der Waals surface area contributed by atoms with Gasteiger partial charge in [0.25, 0.3) is 0 Å². The Balaban J connectivity index is 1.68. The molecule has 12 nitrogen and oxygen atoms in total. The van der Waals surface area contributed by atoms with Gasteiger partial charge in [0, 0.05) is 6.61 Å². The number of nitrogen functional groups attached to an aromatic ring is 1. The summed E-state index contributed by atoms with van der Waals surface area (Å²) in [6.45, 7) is 21.2. The predicted molar refractivity (Wildman–Crippen MR) is 160 cm³/mol. The number of hydrogen-bond acceptors (Lipinski definition) is 10. The average molecular weight is 605 g/mol. The fourth-order valence-corrected chi connectivity index (χ4v) is 6.80. The first-order chi connectivity index (χ1) is 19.4. The molecule has 2 N–H and O–H groups in total. The number of carbonyl (C=O) groups excluding carboxylic acids is 1. The van der Waals surface area contributed by atoms with Gasteiger partial charge >= 0.3 is 6.09 Å². The first-order valence-electron chi connectivity index (χ1n) is 15.0. The third-order valence-corrected chi connectivity index (χ3v) is 13.3. The van der Waals surface area contributed by atoms with E-state index in [9.17, 15) is 4.79 Å². The van der Waals surface area contributed by atoms with Crippen molar-refractivity contribution >= 4 is 31.3 Å². The molecule has 0 radical (unpaired) electrons. The minimum Gasteiger partial charge on any atom is -0.444 e. The molecule has 234 valence electrons. The van der Waals surface area contributed by atoms with E-state index in [1.807, 2.05) is 39.3 Å². The van der Waals surface area contributed by atoms with E-state index in [-0.39, 0.29) is 23.7 Å². The molecule has 3 aliphatic rings. The molecule has 2 aromatic rings. The predicted octanol–water partition coefficient (Wildman–Crippen LogP) is 5.31. The molecule has 3 saturated heterocycles. The Kier molecular flexibility index (Phi) is 7.92. The fraction of sp³-hybridized carbons (Fsp3) is 0.793. The highest BCUT2D eigenvalue weighted by atomic mass is 28.4. The highest BCUT2D eigenvalue weighted by molar-refractivity contribution is 6.74. The molecular weight excluding hydrogens is 556 g/mol. The van der Waals surface area contributed by atoms with Gasteiger partial charge in [0.1, 0.15) is 35.7 Å². The quantitative estimate of drug-likeness (QED) is 0.447. The molecule has 2 unspecified atom stereocenters. The van der Waals surface area contributed by atoms with Gasteiger partial charge in [-0.15, -0.1) is 0 Å². The monoisotopic (exact) mass is 604 g/mol. The summed E-state index contributed by atoms with van der Waals surface area (Å²) in [5, 5.41) is 4.87. The third-order valence-electron chi connectivity index (χ3n) is 8.79. The number of nitrogens with two attached hydrogens (primary N) is 1. The number of nitrogens with zero attached hydrogens (tertiary/aromatic N) is 5. The van der Waals surface area contributed by atoms with Crippen LogP contribution in [-0.4, -0.2) is 81.9 Å². The molecule has 0 bridgehead atoms. The summed E-state index contributed by atoms with van der Waals surface area (Å²) < 4.78 is 34.0. The van der Waals surface area contributed by atoms with E-state index in [1.54, 1.807) is 4.90 Å². The zero-order chi connectivity index (χ0) is 30.8. The van der Waals surface area contributed by atoms with Gasteiger partial charge in [0.05, 0.1) is 18.3 Å². The summed E-state index contributed by atoms with van der Waals surface area (Å²) in [5.74, 6) is -0.616. The Morgan fingerprint density at radius 1 is 1.10 bits per heavy atom. The highest BCUT2D eigenvalue weighted by Gasteiger charge is 2.62. The fourth-order valence-electron chi connectivity index (χ4n) is 5.78. The summed E-state index contributed by atoms with van der Waals surface area (Å²) in [7, 11) is -2.19. The van der Waals surface area contributed by atoms with Crippen LogP contribution in [0.25, 0.3) is 11.0 Å². The van der Waals surface area contributed by atoms with Gasteiger partial charge in [-0.05, 0) is 72.0 Å². The Labute approximate surface area is 249 Å². The maximum absolute atomic E-state index is 14.2.